The largest absolute Gasteiger partial charge is 0.322 e. The van der Waals surface area contributed by atoms with Gasteiger partial charge in [0.15, 0.2) is 0 Å². The lowest BCUT2D eigenvalue weighted by atomic mass is 10.1. The van der Waals surface area contributed by atoms with Crippen molar-refractivity contribution >= 4 is 10.9 Å². The van der Waals surface area contributed by atoms with Crippen LogP contribution in [0.3, 0.4) is 0 Å². The number of rotatable bonds is 0. The highest BCUT2D eigenvalue weighted by molar-refractivity contribution is 5.79. The molecular weight excluding hydrogens is 162 g/mol. The molecule has 1 N–H and O–H groups in total. The van der Waals surface area contributed by atoms with Crippen LogP contribution in [0.25, 0.3) is 10.9 Å². The fraction of sp³-hybridized carbons (Fsp3) is 0.182. The Kier molecular flexibility index (Phi) is 1.69. The lowest BCUT2D eigenvalue weighted by molar-refractivity contribution is 1.23. The number of nitrogens with one attached hydrogen (secondary N) is 1. The van der Waals surface area contributed by atoms with Crippen LogP contribution in [-0.4, -0.2) is 4.98 Å². The summed E-state index contributed by atoms with van der Waals surface area (Å²) in [5.74, 6) is 0. The summed E-state index contributed by atoms with van der Waals surface area (Å²) in [6.07, 6.45) is 0. The van der Waals surface area contributed by atoms with Crippen molar-refractivity contribution in [2.75, 3.05) is 0 Å². The van der Waals surface area contributed by atoms with Crippen LogP contribution < -0.4 is 5.56 Å². The SMILES string of the molecule is Cc1ccc2cc(C)c(=O)[nH]c2c1. The van der Waals surface area contributed by atoms with Crippen molar-refractivity contribution in [3.8, 4) is 0 Å². The molecule has 2 aromatic rings. The number of aromatic nitrogens is 1. The third kappa shape index (κ3) is 1.35. The van der Waals surface area contributed by atoms with Crippen molar-refractivity contribution in [3.63, 3.8) is 0 Å². The third-order valence-corrected chi connectivity index (χ3v) is 2.19. The van der Waals surface area contributed by atoms with Crippen LogP contribution in [0.15, 0.2) is 29.1 Å². The smallest absolute Gasteiger partial charge is 0.251 e. The summed E-state index contributed by atoms with van der Waals surface area (Å²) in [7, 11) is 0. The Labute approximate surface area is 76.2 Å². The molecule has 2 heteroatoms. The maximum Gasteiger partial charge on any atom is 0.251 e. The fourth-order valence-electron chi connectivity index (χ4n) is 1.42. The zero-order valence-electron chi connectivity index (χ0n) is 7.72. The van der Waals surface area contributed by atoms with E-state index in [0.29, 0.717) is 0 Å². The highest BCUT2D eigenvalue weighted by atomic mass is 16.1. The Balaban J connectivity index is 2.89. The van der Waals surface area contributed by atoms with E-state index in [2.05, 4.69) is 4.98 Å². The molecule has 0 unspecified atom stereocenters. The minimum atomic E-state index is -0.00176. The summed E-state index contributed by atoms with van der Waals surface area (Å²) in [5.41, 5.74) is 2.83. The maximum absolute atomic E-state index is 11.3. The summed E-state index contributed by atoms with van der Waals surface area (Å²) in [6, 6.07) is 7.96. The molecule has 2 rings (SSSR count). The van der Waals surface area contributed by atoms with Crippen molar-refractivity contribution in [2.45, 2.75) is 13.8 Å². The van der Waals surface area contributed by atoms with E-state index in [1.54, 1.807) is 0 Å². The zero-order valence-corrected chi connectivity index (χ0v) is 7.72. The van der Waals surface area contributed by atoms with Crippen molar-refractivity contribution in [3.05, 3.63) is 45.7 Å². The van der Waals surface area contributed by atoms with Crippen molar-refractivity contribution in [1.82, 2.24) is 4.98 Å². The van der Waals surface area contributed by atoms with E-state index in [0.717, 1.165) is 22.0 Å². The number of H-pyrrole nitrogens is 1. The summed E-state index contributed by atoms with van der Waals surface area (Å²) in [5, 5.41) is 1.09. The van der Waals surface area contributed by atoms with Gasteiger partial charge in [0.2, 0.25) is 0 Å². The van der Waals surface area contributed by atoms with Crippen LogP contribution in [0.5, 0.6) is 0 Å². The van der Waals surface area contributed by atoms with Gasteiger partial charge in [-0.2, -0.15) is 0 Å². The monoisotopic (exact) mass is 173 g/mol. The van der Waals surface area contributed by atoms with Gasteiger partial charge in [-0.15, -0.1) is 0 Å². The lowest BCUT2D eigenvalue weighted by Crippen LogP contribution is -2.08. The van der Waals surface area contributed by atoms with Crippen molar-refractivity contribution < 1.29 is 0 Å². The lowest BCUT2D eigenvalue weighted by Gasteiger charge is -1.99. The second-order valence-corrected chi connectivity index (χ2v) is 3.37. The third-order valence-electron chi connectivity index (χ3n) is 2.19. The van der Waals surface area contributed by atoms with Crippen LogP contribution in [0.1, 0.15) is 11.1 Å². The number of benzene rings is 1. The van der Waals surface area contributed by atoms with Crippen LogP contribution in [0, 0.1) is 13.8 Å². The first-order valence-electron chi connectivity index (χ1n) is 4.27. The number of aryl methyl sites for hydroxylation is 2. The number of fused-ring (bicyclic) bond motifs is 1. The zero-order chi connectivity index (χ0) is 9.42. The van der Waals surface area contributed by atoms with Gasteiger partial charge in [-0.1, -0.05) is 12.1 Å². The quantitative estimate of drug-likeness (QED) is 0.650. The molecule has 0 spiro atoms. The van der Waals surface area contributed by atoms with Gasteiger partial charge in [-0.25, -0.2) is 0 Å². The van der Waals surface area contributed by atoms with Crippen molar-refractivity contribution in [1.29, 1.82) is 0 Å². The van der Waals surface area contributed by atoms with Gasteiger partial charge >= 0.3 is 0 Å². The van der Waals surface area contributed by atoms with E-state index in [1.807, 2.05) is 38.1 Å². The van der Waals surface area contributed by atoms with Gasteiger partial charge in [0.25, 0.3) is 5.56 Å². The summed E-state index contributed by atoms with van der Waals surface area (Å²) < 4.78 is 0. The van der Waals surface area contributed by atoms with Gasteiger partial charge in [-0.3, -0.25) is 4.79 Å². The molecule has 0 bridgehead atoms. The van der Waals surface area contributed by atoms with Gasteiger partial charge in [0, 0.05) is 11.1 Å². The van der Waals surface area contributed by atoms with E-state index < -0.39 is 0 Å². The molecule has 1 aromatic carbocycles. The van der Waals surface area contributed by atoms with Crippen LogP contribution in [0.4, 0.5) is 0 Å². The normalized spacial score (nSPS) is 10.6. The van der Waals surface area contributed by atoms with Crippen LogP contribution in [-0.2, 0) is 0 Å². The molecule has 0 amide bonds. The summed E-state index contributed by atoms with van der Waals surface area (Å²) in [6.45, 7) is 3.83. The molecule has 66 valence electrons. The summed E-state index contributed by atoms with van der Waals surface area (Å²) >= 11 is 0. The maximum atomic E-state index is 11.3. The Morgan fingerprint density at radius 3 is 2.69 bits per heavy atom. The van der Waals surface area contributed by atoms with E-state index in [1.165, 1.54) is 0 Å². The predicted octanol–water partition coefficient (Wildman–Crippen LogP) is 2.14. The van der Waals surface area contributed by atoms with Gasteiger partial charge < -0.3 is 4.98 Å². The average Bonchev–Trinajstić information content (AvgIpc) is 2.08. The molecule has 0 radical (unpaired) electrons. The highest BCUT2D eigenvalue weighted by Gasteiger charge is 1.97. The molecule has 0 saturated carbocycles. The topological polar surface area (TPSA) is 32.9 Å². The molecule has 1 heterocycles. The predicted molar refractivity (Wildman–Crippen MR) is 54.0 cm³/mol. The van der Waals surface area contributed by atoms with E-state index in [-0.39, 0.29) is 5.56 Å². The molecule has 2 nitrogen and oxygen atoms in total. The Morgan fingerprint density at radius 1 is 1.15 bits per heavy atom. The Hall–Kier alpha value is -1.57. The number of aromatic amines is 1. The first-order chi connectivity index (χ1) is 6.16. The first kappa shape index (κ1) is 8.05. The molecule has 0 aliphatic rings. The number of hydrogen-bond acceptors (Lipinski definition) is 1. The van der Waals surface area contributed by atoms with Gasteiger partial charge in [0.1, 0.15) is 0 Å². The van der Waals surface area contributed by atoms with E-state index in [4.69, 9.17) is 0 Å². The second kappa shape index (κ2) is 2.73. The fourth-order valence-corrected chi connectivity index (χ4v) is 1.42. The van der Waals surface area contributed by atoms with Crippen molar-refractivity contribution in [2.24, 2.45) is 0 Å². The summed E-state index contributed by atoms with van der Waals surface area (Å²) in [4.78, 5) is 14.1. The molecule has 0 atom stereocenters. The minimum absolute atomic E-state index is 0.00176. The van der Waals surface area contributed by atoms with Crippen LogP contribution >= 0.6 is 0 Å². The minimum Gasteiger partial charge on any atom is -0.322 e. The van der Waals surface area contributed by atoms with Crippen LogP contribution in [0.2, 0.25) is 0 Å². The first-order valence-corrected chi connectivity index (χ1v) is 4.27. The van der Waals surface area contributed by atoms with Gasteiger partial charge in [-0.05, 0) is 36.9 Å². The highest BCUT2D eigenvalue weighted by Crippen LogP contribution is 2.12. The molecular formula is C11H11NO. The molecule has 0 aliphatic heterocycles. The number of hydrogen-bond donors (Lipinski definition) is 1. The Morgan fingerprint density at radius 2 is 1.92 bits per heavy atom. The standard InChI is InChI=1S/C11H11NO/c1-7-3-4-9-6-8(2)11(13)12-10(9)5-7/h3-6H,1-2H3,(H,12,13). The van der Waals surface area contributed by atoms with E-state index in [9.17, 15) is 4.79 Å². The molecule has 1 aromatic heterocycles. The molecule has 0 fully saturated rings. The van der Waals surface area contributed by atoms with Gasteiger partial charge in [0.05, 0.1) is 0 Å². The molecule has 0 saturated heterocycles. The second-order valence-electron chi connectivity index (χ2n) is 3.37. The molecule has 0 aliphatic carbocycles. The van der Waals surface area contributed by atoms with E-state index >= 15 is 0 Å². The molecule has 13 heavy (non-hydrogen) atoms. The number of pyridine rings is 1. The Bertz CT molecular complexity index is 511. The average molecular weight is 173 g/mol.